The van der Waals surface area contributed by atoms with Gasteiger partial charge in [-0.25, -0.2) is 4.98 Å². The minimum absolute atomic E-state index is 0.813. The van der Waals surface area contributed by atoms with E-state index in [1.807, 2.05) is 24.3 Å². The summed E-state index contributed by atoms with van der Waals surface area (Å²) in [6.45, 7) is 6.37. The standard InChI is InChI=1S/C19H20N2OS/c1-12-9-10-15(11-13(12)2)18-14(3)23-19(21-18)20-16-7-5-6-8-17(16)22-4/h5-11H,1-4H3,(H,20,21). The molecule has 1 N–H and O–H groups in total. The summed E-state index contributed by atoms with van der Waals surface area (Å²) in [5.74, 6) is 0.813. The highest BCUT2D eigenvalue weighted by atomic mass is 32.1. The van der Waals surface area contributed by atoms with Crippen molar-refractivity contribution in [2.75, 3.05) is 12.4 Å². The van der Waals surface area contributed by atoms with Crippen LogP contribution in [0.3, 0.4) is 0 Å². The monoisotopic (exact) mass is 324 g/mol. The Morgan fingerprint density at radius 1 is 1.00 bits per heavy atom. The Bertz CT molecular complexity index is 839. The SMILES string of the molecule is COc1ccccc1Nc1nc(-c2ccc(C)c(C)c2)c(C)s1. The molecule has 1 heterocycles. The second-order valence-corrected chi connectivity index (χ2v) is 6.75. The van der Waals surface area contributed by atoms with Crippen LogP contribution in [0.5, 0.6) is 5.75 Å². The fraction of sp³-hybridized carbons (Fsp3) is 0.211. The van der Waals surface area contributed by atoms with Crippen LogP contribution in [0.1, 0.15) is 16.0 Å². The van der Waals surface area contributed by atoms with Crippen LogP contribution in [0, 0.1) is 20.8 Å². The number of methoxy groups -OCH3 is 1. The number of benzene rings is 2. The Kier molecular flexibility index (Phi) is 4.35. The van der Waals surface area contributed by atoms with Gasteiger partial charge < -0.3 is 10.1 Å². The maximum atomic E-state index is 5.38. The van der Waals surface area contributed by atoms with Gasteiger partial charge in [-0.2, -0.15) is 0 Å². The number of ether oxygens (including phenoxy) is 1. The summed E-state index contributed by atoms with van der Waals surface area (Å²) < 4.78 is 5.38. The van der Waals surface area contributed by atoms with Gasteiger partial charge >= 0.3 is 0 Å². The zero-order valence-electron chi connectivity index (χ0n) is 13.8. The minimum atomic E-state index is 0.813. The Balaban J connectivity index is 1.93. The number of thiazole rings is 1. The number of para-hydroxylation sites is 2. The maximum Gasteiger partial charge on any atom is 0.188 e. The van der Waals surface area contributed by atoms with Gasteiger partial charge in [-0.05, 0) is 50.1 Å². The number of aryl methyl sites for hydroxylation is 3. The van der Waals surface area contributed by atoms with E-state index in [9.17, 15) is 0 Å². The molecule has 3 nitrogen and oxygen atoms in total. The van der Waals surface area contributed by atoms with Crippen LogP contribution in [0.25, 0.3) is 11.3 Å². The first-order valence-corrected chi connectivity index (χ1v) is 8.35. The Morgan fingerprint density at radius 3 is 2.52 bits per heavy atom. The molecular formula is C19H20N2OS. The van der Waals surface area contributed by atoms with Crippen LogP contribution in [-0.4, -0.2) is 12.1 Å². The highest BCUT2D eigenvalue weighted by Crippen LogP contribution is 2.34. The third-order valence-electron chi connectivity index (χ3n) is 3.93. The van der Waals surface area contributed by atoms with Crippen molar-refractivity contribution in [2.24, 2.45) is 0 Å². The predicted octanol–water partition coefficient (Wildman–Crippen LogP) is 5.49. The lowest BCUT2D eigenvalue weighted by atomic mass is 10.0. The summed E-state index contributed by atoms with van der Waals surface area (Å²) in [7, 11) is 1.67. The second kappa shape index (κ2) is 6.42. The van der Waals surface area contributed by atoms with Crippen molar-refractivity contribution in [1.29, 1.82) is 0 Å². The minimum Gasteiger partial charge on any atom is -0.495 e. The summed E-state index contributed by atoms with van der Waals surface area (Å²) >= 11 is 1.66. The second-order valence-electron chi connectivity index (χ2n) is 5.55. The molecule has 1 aromatic heterocycles. The molecule has 0 fully saturated rings. The summed E-state index contributed by atoms with van der Waals surface area (Å²) in [4.78, 5) is 5.97. The molecule has 0 saturated carbocycles. The summed E-state index contributed by atoms with van der Waals surface area (Å²) in [5.41, 5.74) is 5.71. The number of anilines is 2. The maximum absolute atomic E-state index is 5.38. The number of nitrogens with one attached hydrogen (secondary N) is 1. The van der Waals surface area contributed by atoms with Gasteiger partial charge in [-0.3, -0.25) is 0 Å². The Morgan fingerprint density at radius 2 is 1.78 bits per heavy atom. The van der Waals surface area contributed by atoms with Crippen molar-refractivity contribution in [2.45, 2.75) is 20.8 Å². The van der Waals surface area contributed by atoms with Crippen LogP contribution in [0.4, 0.5) is 10.8 Å². The van der Waals surface area contributed by atoms with Crippen LogP contribution in [0.15, 0.2) is 42.5 Å². The van der Waals surface area contributed by atoms with Crippen LogP contribution >= 0.6 is 11.3 Å². The van der Waals surface area contributed by atoms with E-state index in [0.29, 0.717) is 0 Å². The van der Waals surface area contributed by atoms with E-state index in [-0.39, 0.29) is 0 Å². The molecule has 0 radical (unpaired) electrons. The van der Waals surface area contributed by atoms with Crippen LogP contribution in [0.2, 0.25) is 0 Å². The molecule has 0 amide bonds. The molecule has 0 aliphatic heterocycles. The van der Waals surface area contributed by atoms with E-state index in [1.165, 1.54) is 16.0 Å². The lowest BCUT2D eigenvalue weighted by molar-refractivity contribution is 0.417. The van der Waals surface area contributed by atoms with Crippen molar-refractivity contribution in [3.8, 4) is 17.0 Å². The summed E-state index contributed by atoms with van der Waals surface area (Å²) in [6, 6.07) is 14.4. The van der Waals surface area contributed by atoms with Crippen LogP contribution in [-0.2, 0) is 0 Å². The Labute approximate surface area is 141 Å². The number of hydrogen-bond donors (Lipinski definition) is 1. The highest BCUT2D eigenvalue weighted by Gasteiger charge is 2.12. The van der Waals surface area contributed by atoms with Gasteiger partial charge in [0.15, 0.2) is 5.13 Å². The van der Waals surface area contributed by atoms with Gasteiger partial charge in [0.25, 0.3) is 0 Å². The summed E-state index contributed by atoms with van der Waals surface area (Å²) in [6.07, 6.45) is 0. The molecule has 2 aromatic carbocycles. The topological polar surface area (TPSA) is 34.1 Å². The lowest BCUT2D eigenvalue weighted by Gasteiger charge is -2.08. The number of hydrogen-bond acceptors (Lipinski definition) is 4. The normalized spacial score (nSPS) is 10.6. The van der Waals surface area contributed by atoms with Gasteiger partial charge in [-0.15, -0.1) is 11.3 Å². The average Bonchev–Trinajstić information content (AvgIpc) is 2.91. The first kappa shape index (κ1) is 15.6. The van der Waals surface area contributed by atoms with Crippen molar-refractivity contribution in [3.63, 3.8) is 0 Å². The van der Waals surface area contributed by atoms with Crippen LogP contribution < -0.4 is 10.1 Å². The molecule has 23 heavy (non-hydrogen) atoms. The average molecular weight is 324 g/mol. The largest absolute Gasteiger partial charge is 0.495 e. The molecule has 3 aromatic rings. The molecule has 0 spiro atoms. The van der Waals surface area contributed by atoms with Gasteiger partial charge in [0.1, 0.15) is 5.75 Å². The van der Waals surface area contributed by atoms with Crippen molar-refractivity contribution < 1.29 is 4.74 Å². The summed E-state index contributed by atoms with van der Waals surface area (Å²) in [5, 5.41) is 4.24. The fourth-order valence-electron chi connectivity index (χ4n) is 2.47. The van der Waals surface area contributed by atoms with Gasteiger partial charge in [-0.1, -0.05) is 24.3 Å². The number of nitrogens with zero attached hydrogens (tertiary/aromatic N) is 1. The first-order valence-electron chi connectivity index (χ1n) is 7.53. The first-order chi connectivity index (χ1) is 11.1. The zero-order valence-corrected chi connectivity index (χ0v) is 14.6. The number of aromatic nitrogens is 1. The molecule has 0 saturated heterocycles. The molecule has 0 aliphatic rings. The highest BCUT2D eigenvalue weighted by molar-refractivity contribution is 7.16. The van der Waals surface area contributed by atoms with Crippen molar-refractivity contribution in [3.05, 3.63) is 58.5 Å². The molecular weight excluding hydrogens is 304 g/mol. The molecule has 0 unspecified atom stereocenters. The third-order valence-corrected chi connectivity index (χ3v) is 4.81. The molecule has 0 bridgehead atoms. The van der Waals surface area contributed by atoms with E-state index in [4.69, 9.17) is 9.72 Å². The molecule has 0 aliphatic carbocycles. The van der Waals surface area contributed by atoms with Crippen molar-refractivity contribution in [1.82, 2.24) is 4.98 Å². The molecule has 118 valence electrons. The van der Waals surface area contributed by atoms with Gasteiger partial charge in [0.05, 0.1) is 18.5 Å². The van der Waals surface area contributed by atoms with Crippen molar-refractivity contribution >= 4 is 22.2 Å². The fourth-order valence-corrected chi connectivity index (χ4v) is 3.32. The van der Waals surface area contributed by atoms with E-state index in [0.717, 1.165) is 27.8 Å². The van der Waals surface area contributed by atoms with Gasteiger partial charge in [0.2, 0.25) is 0 Å². The van der Waals surface area contributed by atoms with E-state index >= 15 is 0 Å². The third kappa shape index (κ3) is 3.22. The molecule has 4 heteroatoms. The Hall–Kier alpha value is -2.33. The van der Waals surface area contributed by atoms with E-state index < -0.39 is 0 Å². The van der Waals surface area contributed by atoms with E-state index in [2.05, 4.69) is 44.3 Å². The molecule has 0 atom stereocenters. The predicted molar refractivity (Wildman–Crippen MR) is 98.0 cm³/mol. The van der Waals surface area contributed by atoms with Gasteiger partial charge in [0, 0.05) is 10.4 Å². The quantitative estimate of drug-likeness (QED) is 0.689. The molecule has 3 rings (SSSR count). The smallest absolute Gasteiger partial charge is 0.188 e. The zero-order chi connectivity index (χ0) is 16.4. The number of rotatable bonds is 4. The van der Waals surface area contributed by atoms with E-state index in [1.54, 1.807) is 18.4 Å². The lowest BCUT2D eigenvalue weighted by Crippen LogP contribution is -1.93.